The highest BCUT2D eigenvalue weighted by Gasteiger charge is 2.16. The van der Waals surface area contributed by atoms with Gasteiger partial charge in [0.05, 0.1) is 5.92 Å². The van der Waals surface area contributed by atoms with Crippen molar-refractivity contribution in [3.63, 3.8) is 0 Å². The second kappa shape index (κ2) is 7.13. The van der Waals surface area contributed by atoms with Crippen molar-refractivity contribution in [2.45, 2.75) is 19.8 Å². The maximum Gasteiger partial charge on any atom is 0.307 e. The van der Waals surface area contributed by atoms with E-state index in [1.165, 1.54) is 4.88 Å². The van der Waals surface area contributed by atoms with Gasteiger partial charge in [-0.2, -0.15) is 0 Å². The van der Waals surface area contributed by atoms with Crippen LogP contribution in [0.15, 0.2) is 15.9 Å². The third kappa shape index (κ3) is 5.19. The summed E-state index contributed by atoms with van der Waals surface area (Å²) in [5.41, 5.74) is 0. The van der Waals surface area contributed by atoms with Gasteiger partial charge in [0.25, 0.3) is 0 Å². The van der Waals surface area contributed by atoms with Gasteiger partial charge in [0.2, 0.25) is 0 Å². The zero-order chi connectivity index (χ0) is 12.8. The standard InChI is InChI=1S/C12H18BrNO2S/c1-3-9(12(15)16)7-14(2)5-4-11-6-10(13)8-17-11/h6,8-9H,3-5,7H2,1-2H3,(H,15,16). The van der Waals surface area contributed by atoms with Crippen molar-refractivity contribution >= 4 is 33.2 Å². The highest BCUT2D eigenvalue weighted by atomic mass is 79.9. The van der Waals surface area contributed by atoms with E-state index in [4.69, 9.17) is 5.11 Å². The lowest BCUT2D eigenvalue weighted by molar-refractivity contribution is -0.142. The second-order valence-electron chi connectivity index (χ2n) is 4.19. The van der Waals surface area contributed by atoms with Gasteiger partial charge >= 0.3 is 5.97 Å². The van der Waals surface area contributed by atoms with Crippen molar-refractivity contribution in [3.8, 4) is 0 Å². The van der Waals surface area contributed by atoms with Crippen LogP contribution in [-0.4, -0.2) is 36.1 Å². The van der Waals surface area contributed by atoms with Crippen molar-refractivity contribution in [2.24, 2.45) is 5.92 Å². The smallest absolute Gasteiger partial charge is 0.307 e. The van der Waals surface area contributed by atoms with E-state index in [-0.39, 0.29) is 5.92 Å². The molecular formula is C12H18BrNO2S. The van der Waals surface area contributed by atoms with Crippen LogP contribution >= 0.6 is 27.3 Å². The molecule has 1 aromatic heterocycles. The van der Waals surface area contributed by atoms with Crippen LogP contribution in [0, 0.1) is 5.92 Å². The average molecular weight is 320 g/mol. The zero-order valence-electron chi connectivity index (χ0n) is 10.1. The molecule has 17 heavy (non-hydrogen) atoms. The number of thiophene rings is 1. The summed E-state index contributed by atoms with van der Waals surface area (Å²) in [6, 6.07) is 2.12. The molecule has 5 heteroatoms. The summed E-state index contributed by atoms with van der Waals surface area (Å²) in [6.45, 7) is 3.44. The fraction of sp³-hybridized carbons (Fsp3) is 0.583. The molecule has 1 aromatic rings. The number of nitrogens with zero attached hydrogens (tertiary/aromatic N) is 1. The van der Waals surface area contributed by atoms with E-state index >= 15 is 0 Å². The van der Waals surface area contributed by atoms with Gasteiger partial charge in [-0.25, -0.2) is 0 Å². The highest BCUT2D eigenvalue weighted by molar-refractivity contribution is 9.10. The quantitative estimate of drug-likeness (QED) is 0.839. The van der Waals surface area contributed by atoms with Crippen LogP contribution in [0.5, 0.6) is 0 Å². The Labute approximate surface area is 115 Å². The molecule has 0 fully saturated rings. The Balaban J connectivity index is 2.34. The molecule has 0 amide bonds. The van der Waals surface area contributed by atoms with Gasteiger partial charge in [-0.05, 0) is 41.9 Å². The summed E-state index contributed by atoms with van der Waals surface area (Å²) in [4.78, 5) is 14.3. The Morgan fingerprint density at radius 2 is 2.35 bits per heavy atom. The Bertz CT molecular complexity index is 367. The van der Waals surface area contributed by atoms with Crippen molar-refractivity contribution in [3.05, 3.63) is 20.8 Å². The number of hydrogen-bond donors (Lipinski definition) is 1. The van der Waals surface area contributed by atoms with Gasteiger partial charge in [0.1, 0.15) is 0 Å². The lowest BCUT2D eigenvalue weighted by atomic mass is 10.1. The predicted molar refractivity (Wildman–Crippen MR) is 74.6 cm³/mol. The van der Waals surface area contributed by atoms with E-state index in [9.17, 15) is 4.79 Å². The number of likely N-dealkylation sites (N-methyl/N-ethyl adjacent to an activating group) is 1. The molecule has 0 bridgehead atoms. The number of halogens is 1. The molecule has 1 atom stereocenters. The second-order valence-corrected chi connectivity index (χ2v) is 6.10. The van der Waals surface area contributed by atoms with E-state index in [2.05, 4.69) is 32.3 Å². The molecule has 0 saturated carbocycles. The molecule has 0 aliphatic carbocycles. The average Bonchev–Trinajstić information content (AvgIpc) is 2.68. The zero-order valence-corrected chi connectivity index (χ0v) is 12.6. The number of hydrogen-bond acceptors (Lipinski definition) is 3. The first kappa shape index (κ1) is 14.7. The predicted octanol–water partition coefficient (Wildman–Crippen LogP) is 3.10. The topological polar surface area (TPSA) is 40.5 Å². The maximum absolute atomic E-state index is 10.9. The first-order valence-corrected chi connectivity index (χ1v) is 7.34. The molecule has 96 valence electrons. The summed E-state index contributed by atoms with van der Waals surface area (Å²) in [6.07, 6.45) is 1.66. The first-order chi connectivity index (χ1) is 8.02. The van der Waals surface area contributed by atoms with Gasteiger partial charge in [-0.1, -0.05) is 6.92 Å². The van der Waals surface area contributed by atoms with Gasteiger partial charge in [0.15, 0.2) is 0 Å². The maximum atomic E-state index is 10.9. The number of carboxylic acid groups (broad SMARTS) is 1. The largest absolute Gasteiger partial charge is 0.481 e. The minimum absolute atomic E-state index is 0.255. The van der Waals surface area contributed by atoms with Crippen LogP contribution < -0.4 is 0 Å². The molecule has 1 rings (SSSR count). The lowest BCUT2D eigenvalue weighted by Gasteiger charge is -2.20. The Morgan fingerprint density at radius 3 is 2.82 bits per heavy atom. The number of carboxylic acids is 1. The van der Waals surface area contributed by atoms with Crippen LogP contribution in [0.25, 0.3) is 0 Å². The molecular weight excluding hydrogens is 302 g/mol. The van der Waals surface area contributed by atoms with Crippen LogP contribution in [0.4, 0.5) is 0 Å². The van der Waals surface area contributed by atoms with Gasteiger partial charge in [-0.15, -0.1) is 11.3 Å². The van der Waals surface area contributed by atoms with Crippen molar-refractivity contribution < 1.29 is 9.90 Å². The van der Waals surface area contributed by atoms with Gasteiger partial charge in [0, 0.05) is 27.8 Å². The fourth-order valence-electron chi connectivity index (χ4n) is 1.64. The Kier molecular flexibility index (Phi) is 6.16. The van der Waals surface area contributed by atoms with E-state index in [1.807, 2.05) is 14.0 Å². The Hall–Kier alpha value is -0.390. The number of carbonyl (C=O) groups is 1. The summed E-state index contributed by atoms with van der Waals surface area (Å²) in [5.74, 6) is -0.951. The monoisotopic (exact) mass is 319 g/mol. The normalized spacial score (nSPS) is 12.9. The van der Waals surface area contributed by atoms with Crippen molar-refractivity contribution in [1.29, 1.82) is 0 Å². The summed E-state index contributed by atoms with van der Waals surface area (Å²) in [7, 11) is 1.98. The molecule has 0 aliphatic heterocycles. The highest BCUT2D eigenvalue weighted by Crippen LogP contribution is 2.20. The number of aliphatic carboxylic acids is 1. The van der Waals surface area contributed by atoms with Crippen molar-refractivity contribution in [2.75, 3.05) is 20.1 Å². The van der Waals surface area contributed by atoms with Crippen LogP contribution in [0.3, 0.4) is 0 Å². The summed E-state index contributed by atoms with van der Waals surface area (Å²) >= 11 is 5.16. The van der Waals surface area contributed by atoms with Gasteiger partial charge < -0.3 is 10.0 Å². The van der Waals surface area contributed by atoms with E-state index in [0.29, 0.717) is 13.0 Å². The molecule has 0 spiro atoms. The summed E-state index contributed by atoms with van der Waals surface area (Å²) in [5, 5.41) is 11.1. The van der Waals surface area contributed by atoms with Crippen LogP contribution in [0.1, 0.15) is 18.2 Å². The van der Waals surface area contributed by atoms with E-state index in [1.54, 1.807) is 11.3 Å². The molecule has 1 N–H and O–H groups in total. The fourth-order valence-corrected chi connectivity index (χ4v) is 3.08. The van der Waals surface area contributed by atoms with Crippen LogP contribution in [0.2, 0.25) is 0 Å². The Morgan fingerprint density at radius 1 is 1.65 bits per heavy atom. The molecule has 3 nitrogen and oxygen atoms in total. The molecule has 0 aromatic carbocycles. The minimum atomic E-state index is -0.696. The van der Waals surface area contributed by atoms with E-state index in [0.717, 1.165) is 17.4 Å². The number of rotatable bonds is 7. The molecule has 0 aliphatic rings. The molecule has 1 unspecified atom stereocenters. The van der Waals surface area contributed by atoms with E-state index < -0.39 is 5.97 Å². The van der Waals surface area contributed by atoms with Crippen LogP contribution in [-0.2, 0) is 11.2 Å². The third-order valence-electron chi connectivity index (χ3n) is 2.74. The molecule has 1 heterocycles. The third-order valence-corrected chi connectivity index (χ3v) is 4.49. The molecule has 0 radical (unpaired) electrons. The SMILES string of the molecule is CCC(CN(C)CCc1cc(Br)cs1)C(=O)O. The minimum Gasteiger partial charge on any atom is -0.481 e. The first-order valence-electron chi connectivity index (χ1n) is 5.67. The van der Waals surface area contributed by atoms with Gasteiger partial charge in [-0.3, -0.25) is 4.79 Å². The molecule has 0 saturated heterocycles. The van der Waals surface area contributed by atoms with Crippen molar-refractivity contribution in [1.82, 2.24) is 4.90 Å². The lowest BCUT2D eigenvalue weighted by Crippen LogP contribution is -2.31. The summed E-state index contributed by atoms with van der Waals surface area (Å²) < 4.78 is 1.12.